The molecule has 660 valence electrons. The Morgan fingerprint density at radius 3 is 0.613 bits per heavy atom. The Hall–Kier alpha value is -1.94. The van der Waals surface area contributed by atoms with Gasteiger partial charge >= 0.3 is 39.5 Å². The van der Waals surface area contributed by atoms with Crippen molar-refractivity contribution in [2.75, 3.05) is 39.6 Å². The quantitative estimate of drug-likeness (QED) is 0.0222. The van der Waals surface area contributed by atoms with Crippen LogP contribution in [0.2, 0.25) is 0 Å². The Bertz CT molecular complexity index is 2120. The molecule has 0 aliphatic heterocycles. The molecule has 0 spiro atoms. The van der Waals surface area contributed by atoms with Crippen LogP contribution in [0.15, 0.2) is 0 Å². The molecule has 0 saturated carbocycles. The second-order valence-corrected chi connectivity index (χ2v) is 36.9. The molecule has 0 aromatic rings. The number of rotatable bonds is 91. The molecule has 3 N–H and O–H groups in total. The number of unbranched alkanes of at least 4 members (excludes halogenated alkanes) is 61. The molecule has 0 fully saturated rings. The van der Waals surface area contributed by atoms with Crippen molar-refractivity contribution in [3.63, 3.8) is 0 Å². The van der Waals surface area contributed by atoms with E-state index in [1.165, 1.54) is 315 Å². The number of aliphatic hydroxyl groups excluding tert-OH is 1. The van der Waals surface area contributed by atoms with Crippen LogP contribution in [0.5, 0.6) is 0 Å². The zero-order valence-electron chi connectivity index (χ0n) is 73.3. The van der Waals surface area contributed by atoms with Gasteiger partial charge in [0.15, 0.2) is 12.2 Å². The molecule has 17 nitrogen and oxygen atoms in total. The number of phosphoric ester groups is 2. The zero-order valence-corrected chi connectivity index (χ0v) is 75.1. The molecule has 0 aliphatic rings. The molecule has 0 aromatic heterocycles. The maximum atomic E-state index is 13.2. The lowest BCUT2D eigenvalue weighted by atomic mass is 10.0. The van der Waals surface area contributed by atoms with E-state index >= 15 is 0 Å². The Morgan fingerprint density at radius 1 is 0.243 bits per heavy atom. The van der Waals surface area contributed by atoms with Gasteiger partial charge in [-0.15, -0.1) is 0 Å². The van der Waals surface area contributed by atoms with Gasteiger partial charge < -0.3 is 33.8 Å². The van der Waals surface area contributed by atoms with Gasteiger partial charge in [-0.25, -0.2) is 9.13 Å². The highest BCUT2D eigenvalue weighted by molar-refractivity contribution is 7.47. The third-order valence-electron chi connectivity index (χ3n) is 21.7. The van der Waals surface area contributed by atoms with Crippen molar-refractivity contribution in [3.8, 4) is 0 Å². The topological polar surface area (TPSA) is 237 Å². The third kappa shape index (κ3) is 85.8. The predicted octanol–water partition coefficient (Wildman–Crippen LogP) is 28.6. The van der Waals surface area contributed by atoms with Crippen molar-refractivity contribution in [2.24, 2.45) is 11.8 Å². The smallest absolute Gasteiger partial charge is 0.462 e. The molecule has 0 heterocycles. The van der Waals surface area contributed by atoms with Crippen LogP contribution >= 0.6 is 15.6 Å². The average molecular weight is 1620 g/mol. The Balaban J connectivity index is 5.24. The van der Waals surface area contributed by atoms with Gasteiger partial charge in [0.2, 0.25) is 0 Å². The van der Waals surface area contributed by atoms with Crippen molar-refractivity contribution < 1.29 is 80.2 Å². The van der Waals surface area contributed by atoms with E-state index in [1.54, 1.807) is 0 Å². The summed E-state index contributed by atoms with van der Waals surface area (Å²) < 4.78 is 69.1. The van der Waals surface area contributed by atoms with E-state index in [-0.39, 0.29) is 25.7 Å². The van der Waals surface area contributed by atoms with E-state index in [4.69, 9.17) is 37.0 Å². The van der Waals surface area contributed by atoms with Crippen molar-refractivity contribution >= 4 is 39.5 Å². The molecule has 2 unspecified atom stereocenters. The van der Waals surface area contributed by atoms with Gasteiger partial charge in [-0.3, -0.25) is 37.3 Å². The summed E-state index contributed by atoms with van der Waals surface area (Å²) in [7, 11) is -9.94. The minimum atomic E-state index is -4.97. The van der Waals surface area contributed by atoms with Gasteiger partial charge in [0.05, 0.1) is 26.4 Å². The van der Waals surface area contributed by atoms with Crippen molar-refractivity contribution in [2.45, 2.75) is 516 Å². The standard InChI is InChI=1S/C92H180O17P2/c1-7-9-11-13-15-17-19-21-22-23-24-25-26-27-32-35-40-46-52-58-64-70-76-91(96)108-88(81-103-90(95)75-69-63-57-51-45-39-34-31-29-28-30-33-37-42-48-54-60-66-72-84(3)4)83-107-111(100,101)105-79-86(93)78-104-110(98,99)106-82-87(80-102-89(94)74-68-62-56-50-44-20-18-16-14-12-10-8-2)109-92(97)77-71-65-59-53-47-41-36-38-43-49-55-61-67-73-85(5)6/h84-88,93H,7-83H2,1-6H3,(H,98,99)(H,100,101)/t86-,87+,88+/m0/s1. The Morgan fingerprint density at radius 2 is 0.414 bits per heavy atom. The summed E-state index contributed by atoms with van der Waals surface area (Å²) in [5.74, 6) is -0.484. The molecule has 0 saturated heterocycles. The lowest BCUT2D eigenvalue weighted by molar-refractivity contribution is -0.161. The SMILES string of the molecule is CCCCCCCCCCCCCCCCCCCCCCCCC(=O)O[C@H](COC(=O)CCCCCCCCCCCCCCCCCCCCC(C)C)COP(=O)(O)OC[C@@H](O)COP(=O)(O)OC[C@@H](COC(=O)CCCCCCCCCCCCCC)OC(=O)CCCCCCCCCCCCCCCC(C)C. The third-order valence-corrected chi connectivity index (χ3v) is 23.6. The van der Waals surface area contributed by atoms with E-state index in [1.807, 2.05) is 0 Å². The monoisotopic (exact) mass is 1620 g/mol. The van der Waals surface area contributed by atoms with Gasteiger partial charge in [0.25, 0.3) is 0 Å². The number of hydrogen-bond acceptors (Lipinski definition) is 15. The molecule has 5 atom stereocenters. The molecule has 0 rings (SSSR count). The summed E-state index contributed by atoms with van der Waals surface area (Å²) in [6.07, 6.45) is 77.9. The largest absolute Gasteiger partial charge is 0.472 e. The predicted molar refractivity (Wildman–Crippen MR) is 460 cm³/mol. The first-order chi connectivity index (χ1) is 53.9. The van der Waals surface area contributed by atoms with Crippen molar-refractivity contribution in [1.82, 2.24) is 0 Å². The van der Waals surface area contributed by atoms with Crippen LogP contribution in [0.1, 0.15) is 497 Å². The minimum absolute atomic E-state index is 0.108. The van der Waals surface area contributed by atoms with Crippen LogP contribution in [-0.2, 0) is 65.4 Å². The number of hydrogen-bond donors (Lipinski definition) is 3. The fourth-order valence-corrected chi connectivity index (χ4v) is 16.1. The fraction of sp³-hybridized carbons (Fsp3) is 0.957. The van der Waals surface area contributed by atoms with E-state index in [0.29, 0.717) is 25.7 Å². The van der Waals surface area contributed by atoms with E-state index < -0.39 is 97.5 Å². The highest BCUT2D eigenvalue weighted by atomic mass is 31.2. The molecule has 0 radical (unpaired) electrons. The van der Waals surface area contributed by atoms with Crippen LogP contribution in [0, 0.1) is 11.8 Å². The molecular weight excluding hydrogens is 1440 g/mol. The first kappa shape index (κ1) is 109. The zero-order chi connectivity index (χ0) is 81.3. The number of phosphoric acid groups is 2. The second kappa shape index (κ2) is 83.1. The summed E-state index contributed by atoms with van der Waals surface area (Å²) in [6.45, 7) is 9.76. The number of ether oxygens (including phenoxy) is 4. The summed E-state index contributed by atoms with van der Waals surface area (Å²) >= 11 is 0. The highest BCUT2D eigenvalue weighted by Gasteiger charge is 2.31. The van der Waals surface area contributed by atoms with Gasteiger partial charge in [0, 0.05) is 25.7 Å². The van der Waals surface area contributed by atoms with E-state index in [2.05, 4.69) is 41.5 Å². The number of carbonyl (C=O) groups is 4. The van der Waals surface area contributed by atoms with Crippen molar-refractivity contribution in [1.29, 1.82) is 0 Å². The molecule has 0 aliphatic carbocycles. The number of esters is 4. The van der Waals surface area contributed by atoms with Crippen LogP contribution < -0.4 is 0 Å². The number of aliphatic hydroxyl groups is 1. The summed E-state index contributed by atoms with van der Waals surface area (Å²) in [6, 6.07) is 0. The second-order valence-electron chi connectivity index (χ2n) is 34.0. The van der Waals surface area contributed by atoms with E-state index in [0.717, 1.165) is 102 Å². The van der Waals surface area contributed by atoms with Crippen LogP contribution in [0.4, 0.5) is 0 Å². The highest BCUT2D eigenvalue weighted by Crippen LogP contribution is 2.45. The first-order valence-electron chi connectivity index (χ1n) is 47.5. The summed E-state index contributed by atoms with van der Waals surface area (Å²) in [5, 5.41) is 10.7. The molecule has 0 bridgehead atoms. The lowest BCUT2D eigenvalue weighted by Crippen LogP contribution is -2.30. The van der Waals surface area contributed by atoms with Crippen LogP contribution in [0.25, 0.3) is 0 Å². The molecule has 111 heavy (non-hydrogen) atoms. The molecule has 0 amide bonds. The van der Waals surface area contributed by atoms with E-state index in [9.17, 15) is 43.2 Å². The van der Waals surface area contributed by atoms with Crippen molar-refractivity contribution in [3.05, 3.63) is 0 Å². The lowest BCUT2D eigenvalue weighted by Gasteiger charge is -2.21. The van der Waals surface area contributed by atoms with Gasteiger partial charge in [-0.1, -0.05) is 446 Å². The number of carbonyl (C=O) groups excluding carboxylic acids is 4. The van der Waals surface area contributed by atoms with Gasteiger partial charge in [-0.05, 0) is 37.5 Å². The Labute approximate surface area is 683 Å². The van der Waals surface area contributed by atoms with Crippen LogP contribution in [-0.4, -0.2) is 96.7 Å². The Kier molecular flexibility index (Phi) is 81.7. The van der Waals surface area contributed by atoms with Gasteiger partial charge in [-0.2, -0.15) is 0 Å². The fourth-order valence-electron chi connectivity index (χ4n) is 14.5. The molecule has 19 heteroatoms. The molecule has 0 aromatic carbocycles. The maximum Gasteiger partial charge on any atom is 0.472 e. The maximum absolute atomic E-state index is 13.2. The van der Waals surface area contributed by atoms with Crippen LogP contribution in [0.3, 0.4) is 0 Å². The van der Waals surface area contributed by atoms with Gasteiger partial charge in [0.1, 0.15) is 19.3 Å². The normalized spacial score (nSPS) is 13.7. The summed E-state index contributed by atoms with van der Waals surface area (Å²) in [4.78, 5) is 73.4. The summed E-state index contributed by atoms with van der Waals surface area (Å²) in [5.41, 5.74) is 0. The minimum Gasteiger partial charge on any atom is -0.462 e. The average Bonchev–Trinajstić information content (AvgIpc) is 0.900. The molecular formula is C92H180O17P2. The first-order valence-corrected chi connectivity index (χ1v) is 50.5.